The van der Waals surface area contributed by atoms with Crippen molar-refractivity contribution in [3.05, 3.63) is 76.4 Å². The molecule has 2 aromatic carbocycles. The van der Waals surface area contributed by atoms with Crippen LogP contribution in [0.3, 0.4) is 0 Å². The van der Waals surface area contributed by atoms with Crippen molar-refractivity contribution in [2.75, 3.05) is 5.32 Å². The summed E-state index contributed by atoms with van der Waals surface area (Å²) in [6, 6.07) is 13.5. The van der Waals surface area contributed by atoms with Crippen LogP contribution in [0.2, 0.25) is 0 Å². The Balaban J connectivity index is 1.63. The molecule has 4 rings (SSSR count). The lowest BCUT2D eigenvalue weighted by Crippen LogP contribution is -2.04. The van der Waals surface area contributed by atoms with E-state index in [1.54, 1.807) is 6.92 Å². The Morgan fingerprint density at radius 2 is 1.90 bits per heavy atom. The molecular weight excluding hydrogens is 418 g/mol. The van der Waals surface area contributed by atoms with E-state index in [0.29, 0.717) is 32.2 Å². The van der Waals surface area contributed by atoms with Crippen molar-refractivity contribution < 1.29 is 24.5 Å². The van der Waals surface area contributed by atoms with Crippen molar-refractivity contribution in [3.63, 3.8) is 0 Å². The van der Waals surface area contributed by atoms with E-state index in [4.69, 9.17) is 4.74 Å². The van der Waals surface area contributed by atoms with Gasteiger partial charge in [-0.15, -0.1) is 11.3 Å². The number of ether oxygens (including phenoxy) is 1. The van der Waals surface area contributed by atoms with Gasteiger partial charge in [-0.2, -0.15) is 0 Å². The van der Waals surface area contributed by atoms with Crippen LogP contribution in [0, 0.1) is 6.92 Å². The maximum atomic E-state index is 12.7. The second-order valence-electron chi connectivity index (χ2n) is 6.68. The number of thiophene rings is 1. The maximum Gasteiger partial charge on any atom is 0.349 e. The first kappa shape index (κ1) is 20.3. The number of carbonyl (C=O) groups excluding carboxylic acids is 1. The number of carbonyl (C=O) groups is 2. The van der Waals surface area contributed by atoms with E-state index >= 15 is 0 Å². The van der Waals surface area contributed by atoms with Gasteiger partial charge in [-0.25, -0.2) is 19.6 Å². The molecule has 0 unspecified atom stereocenters. The monoisotopic (exact) mass is 435 g/mol. The van der Waals surface area contributed by atoms with Gasteiger partial charge >= 0.3 is 11.9 Å². The van der Waals surface area contributed by atoms with Crippen molar-refractivity contribution in [1.82, 2.24) is 9.97 Å². The molecule has 0 amide bonds. The molecule has 0 fully saturated rings. The molecule has 0 spiro atoms. The molecule has 8 nitrogen and oxygen atoms in total. The Morgan fingerprint density at radius 3 is 2.65 bits per heavy atom. The highest BCUT2D eigenvalue weighted by Crippen LogP contribution is 2.35. The first-order valence-corrected chi connectivity index (χ1v) is 10.0. The zero-order valence-corrected chi connectivity index (χ0v) is 17.1. The van der Waals surface area contributed by atoms with Gasteiger partial charge < -0.3 is 20.3 Å². The summed E-state index contributed by atoms with van der Waals surface area (Å²) in [6.07, 6.45) is 1.36. The zero-order chi connectivity index (χ0) is 22.0. The van der Waals surface area contributed by atoms with E-state index in [1.807, 2.05) is 30.3 Å². The number of hydrogen-bond acceptors (Lipinski definition) is 8. The lowest BCUT2D eigenvalue weighted by molar-refractivity contribution is 0.0477. The number of aryl methyl sites for hydroxylation is 1. The van der Waals surface area contributed by atoms with Crippen molar-refractivity contribution in [1.29, 1.82) is 0 Å². The minimum atomic E-state index is -1.25. The number of aromatic hydroxyl groups is 1. The summed E-state index contributed by atoms with van der Waals surface area (Å²) in [7, 11) is 0. The number of carboxylic acids is 1. The molecular formula is C22H17N3O5S. The highest BCUT2D eigenvalue weighted by Gasteiger charge is 2.21. The molecule has 0 aliphatic heterocycles. The number of anilines is 2. The fraction of sp³-hybridized carbons (Fsp3) is 0.0909. The van der Waals surface area contributed by atoms with Crippen LogP contribution in [0.4, 0.5) is 11.5 Å². The average Bonchev–Trinajstić information content (AvgIpc) is 3.11. The molecule has 3 N–H and O–H groups in total. The van der Waals surface area contributed by atoms with E-state index in [0.717, 1.165) is 5.56 Å². The summed E-state index contributed by atoms with van der Waals surface area (Å²) in [4.78, 5) is 33.5. The third-order valence-corrected chi connectivity index (χ3v) is 5.79. The lowest BCUT2D eigenvalue weighted by Gasteiger charge is -2.09. The highest BCUT2D eigenvalue weighted by atomic mass is 32.1. The summed E-state index contributed by atoms with van der Waals surface area (Å²) in [6.45, 7) is 1.95. The summed E-state index contributed by atoms with van der Waals surface area (Å²) in [5, 5.41) is 22.6. The first-order chi connectivity index (χ1) is 14.9. The summed E-state index contributed by atoms with van der Waals surface area (Å²) in [5.74, 6) is -1.61. The van der Waals surface area contributed by atoms with Crippen molar-refractivity contribution in [3.8, 4) is 5.75 Å². The Labute approximate surface area is 180 Å². The van der Waals surface area contributed by atoms with E-state index in [9.17, 15) is 19.8 Å². The first-order valence-electron chi connectivity index (χ1n) is 9.22. The molecule has 0 bridgehead atoms. The smallest absolute Gasteiger partial charge is 0.349 e. The average molecular weight is 435 g/mol. The van der Waals surface area contributed by atoms with Crippen molar-refractivity contribution >= 4 is 45.0 Å². The largest absolute Gasteiger partial charge is 0.507 e. The molecule has 0 atom stereocenters. The van der Waals surface area contributed by atoms with E-state index in [1.165, 1.54) is 35.9 Å². The van der Waals surface area contributed by atoms with Crippen molar-refractivity contribution in [2.24, 2.45) is 0 Å². The number of nitrogens with zero attached hydrogens (tertiary/aromatic N) is 2. The second-order valence-corrected chi connectivity index (χ2v) is 7.68. The number of aromatic carboxylic acids is 1. The van der Waals surface area contributed by atoms with Gasteiger partial charge in [0.2, 0.25) is 0 Å². The lowest BCUT2D eigenvalue weighted by atomic mass is 10.1. The van der Waals surface area contributed by atoms with Crippen LogP contribution in [0.5, 0.6) is 5.75 Å². The third-order valence-electron chi connectivity index (χ3n) is 4.61. The van der Waals surface area contributed by atoms with Crippen molar-refractivity contribution in [2.45, 2.75) is 13.5 Å². The Kier molecular flexibility index (Phi) is 5.50. The summed E-state index contributed by atoms with van der Waals surface area (Å²) < 4.78 is 5.45. The van der Waals surface area contributed by atoms with Gasteiger partial charge in [0.05, 0.1) is 5.39 Å². The van der Waals surface area contributed by atoms with Crippen LogP contribution < -0.4 is 5.32 Å². The molecule has 156 valence electrons. The SMILES string of the molecule is Cc1c(C(=O)OCc2ccccc2)sc2ncnc(Nc3ccc(O)c(C(=O)O)c3)c12. The van der Waals surface area contributed by atoms with E-state index < -0.39 is 11.9 Å². The number of phenols is 1. The van der Waals surface area contributed by atoms with Crippen LogP contribution in [0.25, 0.3) is 10.2 Å². The number of benzene rings is 2. The molecule has 2 aromatic heterocycles. The third kappa shape index (κ3) is 4.17. The molecule has 4 aromatic rings. The van der Waals surface area contributed by atoms with Crippen LogP contribution >= 0.6 is 11.3 Å². The predicted molar refractivity (Wildman–Crippen MR) is 116 cm³/mol. The van der Waals surface area contributed by atoms with Gasteiger partial charge in [0.15, 0.2) is 0 Å². The molecule has 2 heterocycles. The van der Waals surface area contributed by atoms with Gasteiger partial charge in [0.1, 0.15) is 39.8 Å². The molecule has 9 heteroatoms. The molecule has 0 aliphatic carbocycles. The molecule has 0 saturated carbocycles. The summed E-state index contributed by atoms with van der Waals surface area (Å²) >= 11 is 1.20. The minimum absolute atomic E-state index is 0.162. The van der Waals surface area contributed by atoms with E-state index in [2.05, 4.69) is 15.3 Å². The van der Waals surface area contributed by atoms with Gasteiger partial charge in [-0.3, -0.25) is 0 Å². The van der Waals surface area contributed by atoms with Crippen LogP contribution in [0.1, 0.15) is 31.2 Å². The number of fused-ring (bicyclic) bond motifs is 1. The molecule has 0 saturated heterocycles. The van der Waals surface area contributed by atoms with Crippen LogP contribution in [0.15, 0.2) is 54.9 Å². The molecule has 31 heavy (non-hydrogen) atoms. The Bertz CT molecular complexity index is 1290. The predicted octanol–water partition coefficient (Wildman–Crippen LogP) is 4.50. The maximum absolute atomic E-state index is 12.7. The standard InChI is InChI=1S/C22H17N3O5S/c1-12-17-19(25-14-7-8-16(26)15(9-14)21(27)28)23-11-24-20(17)31-18(12)22(29)30-10-13-5-3-2-4-6-13/h2-9,11,26H,10H2,1H3,(H,27,28)(H,23,24,25). The Morgan fingerprint density at radius 1 is 1.13 bits per heavy atom. The number of rotatable bonds is 6. The number of aromatic nitrogens is 2. The van der Waals surface area contributed by atoms with Gasteiger partial charge in [0.25, 0.3) is 0 Å². The van der Waals surface area contributed by atoms with Gasteiger partial charge in [-0.05, 0) is 36.2 Å². The number of hydrogen-bond donors (Lipinski definition) is 3. The zero-order valence-electron chi connectivity index (χ0n) is 16.3. The number of esters is 1. The summed E-state index contributed by atoms with van der Waals surface area (Å²) in [5.41, 5.74) is 1.74. The van der Waals surface area contributed by atoms with Crippen LogP contribution in [-0.2, 0) is 11.3 Å². The fourth-order valence-corrected chi connectivity index (χ4v) is 4.11. The molecule has 0 radical (unpaired) electrons. The van der Waals surface area contributed by atoms with Gasteiger partial charge in [-0.1, -0.05) is 30.3 Å². The van der Waals surface area contributed by atoms with Crippen LogP contribution in [-0.4, -0.2) is 32.1 Å². The number of carboxylic acid groups (broad SMARTS) is 1. The quantitative estimate of drug-likeness (QED) is 0.299. The minimum Gasteiger partial charge on any atom is -0.507 e. The normalized spacial score (nSPS) is 10.7. The topological polar surface area (TPSA) is 122 Å². The number of nitrogens with one attached hydrogen (secondary N) is 1. The van der Waals surface area contributed by atoms with Gasteiger partial charge in [0, 0.05) is 5.69 Å². The van der Waals surface area contributed by atoms with E-state index in [-0.39, 0.29) is 17.9 Å². The highest BCUT2D eigenvalue weighted by molar-refractivity contribution is 7.20. The molecule has 0 aliphatic rings. The fourth-order valence-electron chi connectivity index (χ4n) is 3.07. The second kappa shape index (κ2) is 8.41. The Hall–Kier alpha value is -3.98.